The lowest BCUT2D eigenvalue weighted by atomic mass is 9.98. The van der Waals surface area contributed by atoms with Crippen molar-refractivity contribution in [1.82, 2.24) is 19.9 Å². The second-order valence-corrected chi connectivity index (χ2v) is 7.87. The quantitative estimate of drug-likeness (QED) is 0.653. The summed E-state index contributed by atoms with van der Waals surface area (Å²) in [6.07, 6.45) is 4.77. The van der Waals surface area contributed by atoms with Crippen molar-refractivity contribution >= 4 is 27.5 Å². The van der Waals surface area contributed by atoms with E-state index in [4.69, 9.17) is 4.74 Å². The number of carbonyl (C=O) groups excluding carboxylic acids is 1. The smallest absolute Gasteiger partial charge is 0.358 e. The zero-order chi connectivity index (χ0) is 19.6. The van der Waals surface area contributed by atoms with Crippen LogP contribution in [-0.4, -0.2) is 25.9 Å². The van der Waals surface area contributed by atoms with Gasteiger partial charge < -0.3 is 9.72 Å². The van der Waals surface area contributed by atoms with Crippen LogP contribution in [0.4, 0.5) is 0 Å². The molecule has 0 aromatic carbocycles. The second kappa shape index (κ2) is 7.96. The van der Waals surface area contributed by atoms with Crippen LogP contribution in [0.2, 0.25) is 0 Å². The van der Waals surface area contributed by atoms with Gasteiger partial charge in [-0.25, -0.2) is 14.8 Å². The Kier molecular flexibility index (Phi) is 5.65. The number of hydrogen-bond donors (Lipinski definition) is 1. The van der Waals surface area contributed by atoms with Crippen molar-refractivity contribution < 1.29 is 9.53 Å². The first-order valence-corrected chi connectivity index (χ1v) is 9.67. The lowest BCUT2D eigenvalue weighted by Crippen LogP contribution is -2.15. The lowest BCUT2D eigenvalue weighted by Gasteiger charge is -2.08. The molecule has 1 N–H and O–H groups in total. The summed E-state index contributed by atoms with van der Waals surface area (Å²) in [6.45, 7) is 7.98. The SMILES string of the molecule is CC[C@H](C)Cc1c(C)sc2nc(COC(=O)c3cnc(C)cn3)[nH]c(=O)c12. The maximum absolute atomic E-state index is 12.6. The summed E-state index contributed by atoms with van der Waals surface area (Å²) >= 11 is 1.50. The summed E-state index contributed by atoms with van der Waals surface area (Å²) in [6, 6.07) is 0. The Morgan fingerprint density at radius 2 is 2.07 bits per heavy atom. The molecular formula is C19H22N4O3S. The van der Waals surface area contributed by atoms with Crippen LogP contribution in [0, 0.1) is 19.8 Å². The van der Waals surface area contributed by atoms with Gasteiger partial charge in [0.2, 0.25) is 0 Å². The van der Waals surface area contributed by atoms with Crippen LogP contribution in [0.25, 0.3) is 10.2 Å². The topological polar surface area (TPSA) is 97.8 Å². The number of fused-ring (bicyclic) bond motifs is 1. The molecule has 0 unspecified atom stereocenters. The number of rotatable bonds is 6. The molecule has 0 fully saturated rings. The van der Waals surface area contributed by atoms with Gasteiger partial charge in [-0.1, -0.05) is 20.3 Å². The molecule has 0 aliphatic rings. The fraction of sp³-hybridized carbons (Fsp3) is 0.421. The predicted molar refractivity (Wildman–Crippen MR) is 104 cm³/mol. The highest BCUT2D eigenvalue weighted by atomic mass is 32.1. The molecule has 0 aliphatic carbocycles. The van der Waals surface area contributed by atoms with E-state index in [0.717, 1.165) is 23.3 Å². The van der Waals surface area contributed by atoms with Gasteiger partial charge in [0.1, 0.15) is 17.3 Å². The van der Waals surface area contributed by atoms with Gasteiger partial charge in [-0.05, 0) is 31.7 Å². The number of aromatic nitrogens is 4. The van der Waals surface area contributed by atoms with Gasteiger partial charge in [0.25, 0.3) is 5.56 Å². The summed E-state index contributed by atoms with van der Waals surface area (Å²) in [5.41, 5.74) is 1.71. The summed E-state index contributed by atoms with van der Waals surface area (Å²) in [4.78, 5) is 41.7. The van der Waals surface area contributed by atoms with Crippen molar-refractivity contribution in [1.29, 1.82) is 0 Å². The first-order chi connectivity index (χ1) is 12.9. The number of hydrogen-bond acceptors (Lipinski definition) is 7. The molecule has 0 radical (unpaired) electrons. The van der Waals surface area contributed by atoms with E-state index in [0.29, 0.717) is 27.7 Å². The van der Waals surface area contributed by atoms with Crippen molar-refractivity contribution in [3.63, 3.8) is 0 Å². The average Bonchev–Trinajstić information content (AvgIpc) is 2.95. The van der Waals surface area contributed by atoms with Crippen molar-refractivity contribution in [2.75, 3.05) is 0 Å². The fourth-order valence-electron chi connectivity index (χ4n) is 2.73. The maximum atomic E-state index is 12.6. The number of H-pyrrole nitrogens is 1. The van der Waals surface area contributed by atoms with Crippen LogP contribution >= 0.6 is 11.3 Å². The molecule has 27 heavy (non-hydrogen) atoms. The molecule has 142 valence electrons. The Morgan fingerprint density at radius 3 is 2.74 bits per heavy atom. The van der Waals surface area contributed by atoms with Crippen LogP contribution in [0.15, 0.2) is 17.2 Å². The van der Waals surface area contributed by atoms with E-state index < -0.39 is 5.97 Å². The molecule has 0 bridgehead atoms. The summed E-state index contributed by atoms with van der Waals surface area (Å²) in [5.74, 6) is 0.208. The molecular weight excluding hydrogens is 364 g/mol. The number of nitrogens with one attached hydrogen (secondary N) is 1. The van der Waals surface area contributed by atoms with E-state index >= 15 is 0 Å². The Balaban J connectivity index is 1.81. The minimum Gasteiger partial charge on any atom is -0.453 e. The summed E-state index contributed by atoms with van der Waals surface area (Å²) < 4.78 is 5.21. The molecule has 3 rings (SSSR count). The highest BCUT2D eigenvalue weighted by Gasteiger charge is 2.17. The van der Waals surface area contributed by atoms with E-state index in [1.54, 1.807) is 6.92 Å². The number of esters is 1. The number of nitrogens with zero attached hydrogens (tertiary/aromatic N) is 3. The normalized spacial score (nSPS) is 12.3. The van der Waals surface area contributed by atoms with Crippen molar-refractivity contribution in [2.24, 2.45) is 5.92 Å². The van der Waals surface area contributed by atoms with E-state index in [9.17, 15) is 9.59 Å². The maximum Gasteiger partial charge on any atom is 0.358 e. The van der Waals surface area contributed by atoms with Gasteiger partial charge in [-0.15, -0.1) is 11.3 Å². The molecule has 3 aromatic rings. The Bertz CT molecular complexity index is 1020. The molecule has 0 saturated heterocycles. The Morgan fingerprint density at radius 1 is 1.30 bits per heavy atom. The average molecular weight is 386 g/mol. The first-order valence-electron chi connectivity index (χ1n) is 8.86. The third-order valence-corrected chi connectivity index (χ3v) is 5.53. The van der Waals surface area contributed by atoms with E-state index in [2.05, 4.69) is 33.8 Å². The lowest BCUT2D eigenvalue weighted by molar-refractivity contribution is 0.0455. The third kappa shape index (κ3) is 4.21. The van der Waals surface area contributed by atoms with Gasteiger partial charge in [0, 0.05) is 11.1 Å². The third-order valence-electron chi connectivity index (χ3n) is 4.49. The largest absolute Gasteiger partial charge is 0.453 e. The zero-order valence-corrected chi connectivity index (χ0v) is 16.6. The molecule has 0 aliphatic heterocycles. The summed E-state index contributed by atoms with van der Waals surface area (Å²) in [7, 11) is 0. The number of carbonyl (C=O) groups is 1. The number of thiophene rings is 1. The van der Waals surface area contributed by atoms with Gasteiger partial charge in [-0.2, -0.15) is 0 Å². The fourth-order valence-corrected chi connectivity index (χ4v) is 3.80. The highest BCUT2D eigenvalue weighted by Crippen LogP contribution is 2.29. The number of aryl methyl sites for hydroxylation is 2. The van der Waals surface area contributed by atoms with Gasteiger partial charge >= 0.3 is 5.97 Å². The minimum absolute atomic E-state index is 0.117. The van der Waals surface area contributed by atoms with Gasteiger partial charge in [0.15, 0.2) is 5.69 Å². The number of aromatic amines is 1. The standard InChI is InChI=1S/C19H22N4O3S/c1-5-10(2)6-13-12(4)27-18-16(13)17(24)22-15(23-18)9-26-19(25)14-8-20-11(3)7-21-14/h7-8,10H,5-6,9H2,1-4H3,(H,22,23,24)/t10-/m0/s1. The van der Waals surface area contributed by atoms with Crippen molar-refractivity contribution in [3.05, 3.63) is 50.4 Å². The molecule has 7 nitrogen and oxygen atoms in total. The molecule has 0 amide bonds. The molecule has 0 saturated carbocycles. The predicted octanol–water partition coefficient (Wildman–Crippen LogP) is 3.34. The zero-order valence-electron chi connectivity index (χ0n) is 15.8. The van der Waals surface area contributed by atoms with Crippen LogP contribution in [-0.2, 0) is 17.8 Å². The molecule has 0 spiro atoms. The van der Waals surface area contributed by atoms with E-state index in [1.165, 1.54) is 23.7 Å². The molecule has 8 heteroatoms. The van der Waals surface area contributed by atoms with Crippen molar-refractivity contribution in [3.8, 4) is 0 Å². The molecule has 3 heterocycles. The molecule has 3 aromatic heterocycles. The van der Waals surface area contributed by atoms with E-state index in [1.807, 2.05) is 6.92 Å². The Labute approximate surface area is 160 Å². The van der Waals surface area contributed by atoms with Crippen LogP contribution in [0.1, 0.15) is 52.7 Å². The van der Waals surface area contributed by atoms with Gasteiger partial charge in [0.05, 0.1) is 17.3 Å². The van der Waals surface area contributed by atoms with Crippen molar-refractivity contribution in [2.45, 2.75) is 47.1 Å². The van der Waals surface area contributed by atoms with Gasteiger partial charge in [-0.3, -0.25) is 9.78 Å². The first kappa shape index (κ1) is 19.2. The van der Waals surface area contributed by atoms with Crippen LogP contribution in [0.3, 0.4) is 0 Å². The van der Waals surface area contributed by atoms with E-state index in [-0.39, 0.29) is 17.9 Å². The minimum atomic E-state index is -0.606. The van der Waals surface area contributed by atoms with Crippen LogP contribution in [0.5, 0.6) is 0 Å². The van der Waals surface area contributed by atoms with Crippen LogP contribution < -0.4 is 5.56 Å². The molecule has 1 atom stereocenters. The highest BCUT2D eigenvalue weighted by molar-refractivity contribution is 7.18. The Hall–Kier alpha value is -2.61. The second-order valence-electron chi connectivity index (χ2n) is 6.67. The number of ether oxygens (including phenoxy) is 1. The summed E-state index contributed by atoms with van der Waals surface area (Å²) in [5, 5.41) is 0.650. The monoisotopic (exact) mass is 386 g/mol.